The lowest BCUT2D eigenvalue weighted by Gasteiger charge is -2.21. The number of imidazole rings is 1. The number of rotatable bonds is 3. The smallest absolute Gasteiger partial charge is 0.270 e. The molecule has 2 aromatic heterocycles. The zero-order chi connectivity index (χ0) is 15.5. The van der Waals surface area contributed by atoms with E-state index in [1.165, 1.54) is 0 Å². The van der Waals surface area contributed by atoms with Gasteiger partial charge in [-0.15, -0.1) is 0 Å². The third-order valence-electron chi connectivity index (χ3n) is 3.83. The van der Waals surface area contributed by atoms with E-state index in [1.807, 2.05) is 6.92 Å². The van der Waals surface area contributed by atoms with Gasteiger partial charge in [0.2, 0.25) is 0 Å². The van der Waals surface area contributed by atoms with E-state index in [0.717, 1.165) is 11.5 Å². The number of nitrogens with zero attached hydrogens (tertiary/aromatic N) is 3. The van der Waals surface area contributed by atoms with E-state index < -0.39 is 6.10 Å². The predicted octanol–water partition coefficient (Wildman–Crippen LogP) is 0.365. The van der Waals surface area contributed by atoms with Crippen molar-refractivity contribution in [2.45, 2.75) is 19.6 Å². The summed E-state index contributed by atoms with van der Waals surface area (Å²) in [4.78, 5) is 26.6. The van der Waals surface area contributed by atoms with Gasteiger partial charge in [-0.3, -0.25) is 9.69 Å². The molecule has 0 radical (unpaired) electrons. The third kappa shape index (κ3) is 3.37. The summed E-state index contributed by atoms with van der Waals surface area (Å²) in [5.41, 5.74) is 1.58. The monoisotopic (exact) mass is 303 g/mol. The highest BCUT2D eigenvalue weighted by molar-refractivity contribution is 5.92. The fourth-order valence-electron chi connectivity index (χ4n) is 2.78. The van der Waals surface area contributed by atoms with Gasteiger partial charge in [0.05, 0.1) is 12.6 Å². The van der Waals surface area contributed by atoms with E-state index >= 15 is 0 Å². The topological polar surface area (TPSA) is 88.2 Å². The molecule has 2 aromatic rings. The lowest BCUT2D eigenvalue weighted by Crippen LogP contribution is -2.37. The first-order valence-corrected chi connectivity index (χ1v) is 7.45. The first-order valence-electron chi connectivity index (χ1n) is 7.45. The van der Waals surface area contributed by atoms with Gasteiger partial charge in [0, 0.05) is 44.3 Å². The van der Waals surface area contributed by atoms with Crippen LogP contribution in [-0.2, 0) is 6.54 Å². The zero-order valence-electron chi connectivity index (χ0n) is 12.6. The number of β-amino-alcohol motifs (C(OH)–C–C–N with tert-alkyl or cyclic N) is 1. The minimum absolute atomic E-state index is 0.0697. The molecule has 7 heteroatoms. The second-order valence-corrected chi connectivity index (χ2v) is 5.74. The van der Waals surface area contributed by atoms with Crippen LogP contribution in [0.3, 0.4) is 0 Å². The van der Waals surface area contributed by atoms with Gasteiger partial charge >= 0.3 is 0 Å². The molecular weight excluding hydrogens is 282 g/mol. The summed E-state index contributed by atoms with van der Waals surface area (Å²) >= 11 is 0. The number of aliphatic hydroxyl groups excluding tert-OH is 1. The van der Waals surface area contributed by atoms with Crippen molar-refractivity contribution in [3.63, 3.8) is 0 Å². The molecule has 3 rings (SSSR count). The molecule has 118 valence electrons. The van der Waals surface area contributed by atoms with Gasteiger partial charge in [-0.1, -0.05) is 0 Å². The van der Waals surface area contributed by atoms with E-state index in [1.54, 1.807) is 29.4 Å². The second-order valence-electron chi connectivity index (χ2n) is 5.74. The van der Waals surface area contributed by atoms with E-state index in [4.69, 9.17) is 0 Å². The number of aromatic nitrogens is 3. The fourth-order valence-corrected chi connectivity index (χ4v) is 2.78. The highest BCUT2D eigenvalue weighted by atomic mass is 16.3. The highest BCUT2D eigenvalue weighted by Crippen LogP contribution is 2.10. The number of hydrogen-bond acceptors (Lipinski definition) is 4. The van der Waals surface area contributed by atoms with E-state index in [-0.39, 0.29) is 5.91 Å². The molecule has 1 fully saturated rings. The van der Waals surface area contributed by atoms with Gasteiger partial charge in [0.15, 0.2) is 0 Å². The quantitative estimate of drug-likeness (QED) is 0.764. The summed E-state index contributed by atoms with van der Waals surface area (Å²) < 4.78 is 0. The summed E-state index contributed by atoms with van der Waals surface area (Å²) in [6, 6.07) is 3.55. The number of aromatic amines is 2. The van der Waals surface area contributed by atoms with E-state index in [2.05, 4.69) is 19.9 Å². The van der Waals surface area contributed by atoms with Crippen LogP contribution in [0.5, 0.6) is 0 Å². The molecule has 1 unspecified atom stereocenters. The molecule has 0 saturated carbocycles. The molecule has 1 atom stereocenters. The van der Waals surface area contributed by atoms with Crippen molar-refractivity contribution in [3.05, 3.63) is 41.7 Å². The summed E-state index contributed by atoms with van der Waals surface area (Å²) in [6.45, 7) is 4.80. The van der Waals surface area contributed by atoms with Gasteiger partial charge in [-0.2, -0.15) is 0 Å². The van der Waals surface area contributed by atoms with Crippen LogP contribution in [0.2, 0.25) is 0 Å². The van der Waals surface area contributed by atoms with Gasteiger partial charge in [0.25, 0.3) is 5.91 Å². The summed E-state index contributed by atoms with van der Waals surface area (Å²) in [5, 5.41) is 10.2. The van der Waals surface area contributed by atoms with Crippen LogP contribution in [0.4, 0.5) is 0 Å². The molecule has 1 aliphatic rings. The summed E-state index contributed by atoms with van der Waals surface area (Å²) in [7, 11) is 0. The largest absolute Gasteiger partial charge is 0.390 e. The number of H-pyrrole nitrogens is 2. The number of aryl methyl sites for hydroxylation is 1. The first kappa shape index (κ1) is 14.8. The van der Waals surface area contributed by atoms with Gasteiger partial charge in [-0.25, -0.2) is 4.98 Å². The lowest BCUT2D eigenvalue weighted by atomic mass is 10.3. The van der Waals surface area contributed by atoms with Crippen LogP contribution in [-0.4, -0.2) is 68.0 Å². The molecule has 1 amide bonds. The van der Waals surface area contributed by atoms with Gasteiger partial charge < -0.3 is 20.0 Å². The van der Waals surface area contributed by atoms with E-state index in [9.17, 15) is 9.90 Å². The lowest BCUT2D eigenvalue weighted by molar-refractivity contribution is 0.0658. The molecule has 7 nitrogen and oxygen atoms in total. The van der Waals surface area contributed by atoms with Crippen LogP contribution in [0.1, 0.15) is 22.0 Å². The maximum Gasteiger partial charge on any atom is 0.270 e. The molecule has 22 heavy (non-hydrogen) atoms. The van der Waals surface area contributed by atoms with Crippen LogP contribution in [0, 0.1) is 6.92 Å². The summed E-state index contributed by atoms with van der Waals surface area (Å²) in [5.74, 6) is 0.814. The van der Waals surface area contributed by atoms with Crippen LogP contribution < -0.4 is 0 Å². The molecule has 3 heterocycles. The van der Waals surface area contributed by atoms with Crippen molar-refractivity contribution in [2.75, 3.05) is 26.2 Å². The molecule has 1 saturated heterocycles. The zero-order valence-corrected chi connectivity index (χ0v) is 12.6. The van der Waals surface area contributed by atoms with Crippen LogP contribution in [0.25, 0.3) is 0 Å². The predicted molar refractivity (Wildman–Crippen MR) is 81.3 cm³/mol. The molecule has 3 N–H and O–H groups in total. The Hall–Kier alpha value is -2.12. The Morgan fingerprint density at radius 3 is 3.00 bits per heavy atom. The van der Waals surface area contributed by atoms with E-state index in [0.29, 0.717) is 38.4 Å². The molecule has 0 aliphatic carbocycles. The SMILES string of the molecule is Cc1cnc(CN2CCN(C(=O)c3ccc[nH]3)CC(O)C2)[nH]1. The third-order valence-corrected chi connectivity index (χ3v) is 3.83. The Kier molecular flexibility index (Phi) is 4.26. The second kappa shape index (κ2) is 6.33. The highest BCUT2D eigenvalue weighted by Gasteiger charge is 2.25. The number of aliphatic hydroxyl groups is 1. The Labute approximate surface area is 129 Å². The molecule has 0 bridgehead atoms. The van der Waals surface area contributed by atoms with Gasteiger partial charge in [0.1, 0.15) is 11.5 Å². The molecule has 0 aromatic carbocycles. The van der Waals surface area contributed by atoms with Crippen molar-refractivity contribution in [3.8, 4) is 0 Å². The number of hydrogen-bond donors (Lipinski definition) is 3. The average molecular weight is 303 g/mol. The van der Waals surface area contributed by atoms with Crippen molar-refractivity contribution in [1.29, 1.82) is 0 Å². The standard InChI is InChI=1S/C15H21N5O2/c1-11-7-17-14(18-11)10-19-5-6-20(9-12(21)8-19)15(22)13-3-2-4-16-13/h2-4,7,12,16,21H,5-6,8-10H2,1H3,(H,17,18). The Bertz CT molecular complexity index is 622. The number of amides is 1. The minimum atomic E-state index is -0.558. The van der Waals surface area contributed by atoms with Crippen molar-refractivity contribution < 1.29 is 9.90 Å². The molecule has 0 spiro atoms. The minimum Gasteiger partial charge on any atom is -0.390 e. The summed E-state index contributed by atoms with van der Waals surface area (Å²) in [6.07, 6.45) is 2.97. The van der Waals surface area contributed by atoms with Crippen LogP contribution in [0.15, 0.2) is 24.5 Å². The maximum absolute atomic E-state index is 12.4. The number of nitrogens with one attached hydrogen (secondary N) is 2. The normalized spacial score (nSPS) is 20.1. The Morgan fingerprint density at radius 1 is 1.45 bits per heavy atom. The van der Waals surface area contributed by atoms with Crippen molar-refractivity contribution in [2.24, 2.45) is 0 Å². The fraction of sp³-hybridized carbons (Fsp3) is 0.467. The molecule has 1 aliphatic heterocycles. The van der Waals surface area contributed by atoms with Crippen molar-refractivity contribution in [1.82, 2.24) is 24.8 Å². The van der Waals surface area contributed by atoms with Crippen molar-refractivity contribution >= 4 is 5.91 Å². The maximum atomic E-state index is 12.4. The van der Waals surface area contributed by atoms with Crippen LogP contribution >= 0.6 is 0 Å². The first-order chi connectivity index (χ1) is 10.6. The number of carbonyl (C=O) groups is 1. The molecular formula is C15H21N5O2. The number of carbonyl (C=O) groups excluding carboxylic acids is 1. The Morgan fingerprint density at radius 2 is 2.32 bits per heavy atom. The van der Waals surface area contributed by atoms with Gasteiger partial charge in [-0.05, 0) is 19.1 Å². The average Bonchev–Trinajstić information content (AvgIpc) is 3.10. The Balaban J connectivity index is 1.64.